The number of carbonyl (C=O) groups excluding carboxylic acids is 1. The van der Waals surface area contributed by atoms with Gasteiger partial charge in [0, 0.05) is 12.7 Å². The van der Waals surface area contributed by atoms with Gasteiger partial charge in [0.1, 0.15) is 11.7 Å². The molecule has 0 spiro atoms. The van der Waals surface area contributed by atoms with E-state index >= 15 is 0 Å². The normalized spacial score (nSPS) is 20.0. The highest BCUT2D eigenvalue weighted by molar-refractivity contribution is 5.95. The molecule has 16 heavy (non-hydrogen) atoms. The van der Waals surface area contributed by atoms with Crippen LogP contribution in [0.2, 0.25) is 0 Å². The zero-order valence-electron chi connectivity index (χ0n) is 8.40. The Kier molecular flexibility index (Phi) is 2.51. The lowest BCUT2D eigenvalue weighted by molar-refractivity contribution is -0.141. The van der Waals surface area contributed by atoms with Crippen LogP contribution in [0.1, 0.15) is 23.3 Å². The van der Waals surface area contributed by atoms with E-state index in [1.165, 1.54) is 11.1 Å². The standard InChI is InChI=1S/C9H11N3O4/c13-7(5-4-10-9(16)11-5)12-3-1-2-6(12)8(14)15/h4,6H,1-3H2,(H,14,15)(H2,10,11,16)/t6-/m0/s1. The van der Waals surface area contributed by atoms with Crippen LogP contribution in [0.3, 0.4) is 0 Å². The monoisotopic (exact) mass is 225 g/mol. The van der Waals surface area contributed by atoms with E-state index in [4.69, 9.17) is 5.11 Å². The summed E-state index contributed by atoms with van der Waals surface area (Å²) in [5.41, 5.74) is -0.382. The summed E-state index contributed by atoms with van der Waals surface area (Å²) in [5.74, 6) is -1.47. The van der Waals surface area contributed by atoms with Crippen molar-refractivity contribution in [3.8, 4) is 0 Å². The molecular formula is C9H11N3O4. The number of hydrogen-bond donors (Lipinski definition) is 3. The van der Waals surface area contributed by atoms with E-state index in [2.05, 4.69) is 9.97 Å². The number of aromatic nitrogens is 2. The van der Waals surface area contributed by atoms with E-state index in [1.807, 2.05) is 0 Å². The molecule has 0 aromatic carbocycles. The maximum absolute atomic E-state index is 11.8. The predicted molar refractivity (Wildman–Crippen MR) is 53.1 cm³/mol. The molecule has 2 heterocycles. The summed E-state index contributed by atoms with van der Waals surface area (Å²) in [4.78, 5) is 39.4. The second-order valence-electron chi connectivity index (χ2n) is 3.65. The van der Waals surface area contributed by atoms with Crippen molar-refractivity contribution in [1.29, 1.82) is 0 Å². The first kappa shape index (κ1) is 10.5. The maximum atomic E-state index is 11.8. The number of aromatic amines is 2. The first-order chi connectivity index (χ1) is 7.59. The molecule has 0 bridgehead atoms. The Bertz CT molecular complexity index is 475. The summed E-state index contributed by atoms with van der Waals surface area (Å²) in [7, 11) is 0. The fourth-order valence-corrected chi connectivity index (χ4v) is 1.87. The van der Waals surface area contributed by atoms with Crippen molar-refractivity contribution in [3.63, 3.8) is 0 Å². The number of amides is 1. The third-order valence-electron chi connectivity index (χ3n) is 2.62. The van der Waals surface area contributed by atoms with Crippen LogP contribution in [0.15, 0.2) is 11.0 Å². The zero-order valence-corrected chi connectivity index (χ0v) is 8.40. The quantitative estimate of drug-likeness (QED) is 0.624. The molecule has 2 rings (SSSR count). The van der Waals surface area contributed by atoms with Gasteiger partial charge >= 0.3 is 11.7 Å². The average molecular weight is 225 g/mol. The molecule has 0 unspecified atom stereocenters. The summed E-state index contributed by atoms with van der Waals surface area (Å²) in [6.07, 6.45) is 2.37. The summed E-state index contributed by atoms with van der Waals surface area (Å²) >= 11 is 0. The molecule has 0 aliphatic carbocycles. The molecule has 0 saturated carbocycles. The number of nitrogens with one attached hydrogen (secondary N) is 2. The molecule has 0 radical (unpaired) electrons. The molecule has 1 amide bonds. The molecule has 1 fully saturated rings. The number of nitrogens with zero attached hydrogens (tertiary/aromatic N) is 1. The van der Waals surface area contributed by atoms with Crippen LogP contribution in [0.4, 0.5) is 0 Å². The maximum Gasteiger partial charge on any atom is 0.326 e. The van der Waals surface area contributed by atoms with Crippen molar-refractivity contribution in [2.45, 2.75) is 18.9 Å². The van der Waals surface area contributed by atoms with Gasteiger partial charge in [0.25, 0.3) is 5.91 Å². The number of imidazole rings is 1. The van der Waals surface area contributed by atoms with E-state index in [-0.39, 0.29) is 5.69 Å². The Morgan fingerprint density at radius 1 is 1.50 bits per heavy atom. The Balaban J connectivity index is 2.21. The molecule has 86 valence electrons. The van der Waals surface area contributed by atoms with Crippen LogP contribution in [-0.4, -0.2) is 44.4 Å². The minimum Gasteiger partial charge on any atom is -0.480 e. The van der Waals surface area contributed by atoms with Gasteiger partial charge in [0.2, 0.25) is 0 Å². The molecule has 1 aliphatic heterocycles. The molecule has 1 aromatic rings. The fourth-order valence-electron chi connectivity index (χ4n) is 1.87. The third kappa shape index (κ3) is 1.71. The van der Waals surface area contributed by atoms with Crippen LogP contribution in [0.25, 0.3) is 0 Å². The van der Waals surface area contributed by atoms with Crippen molar-refractivity contribution in [2.75, 3.05) is 6.54 Å². The molecule has 1 aromatic heterocycles. The molecule has 7 heteroatoms. The third-order valence-corrected chi connectivity index (χ3v) is 2.62. The molecule has 1 aliphatic rings. The van der Waals surface area contributed by atoms with E-state index in [0.717, 1.165) is 0 Å². The second-order valence-corrected chi connectivity index (χ2v) is 3.65. The molecule has 1 atom stereocenters. The number of likely N-dealkylation sites (tertiary alicyclic amines) is 1. The number of carboxylic acid groups (broad SMARTS) is 1. The van der Waals surface area contributed by atoms with E-state index in [1.54, 1.807) is 0 Å². The lowest BCUT2D eigenvalue weighted by Crippen LogP contribution is -2.40. The first-order valence-electron chi connectivity index (χ1n) is 4.91. The Hall–Kier alpha value is -2.05. The highest BCUT2D eigenvalue weighted by atomic mass is 16.4. The molecule has 7 nitrogen and oxygen atoms in total. The first-order valence-corrected chi connectivity index (χ1v) is 4.91. The summed E-state index contributed by atoms with van der Waals surface area (Å²) in [6.45, 7) is 0.406. The van der Waals surface area contributed by atoms with Crippen molar-refractivity contribution in [2.24, 2.45) is 0 Å². The van der Waals surface area contributed by atoms with E-state index in [0.29, 0.717) is 19.4 Å². The van der Waals surface area contributed by atoms with Crippen LogP contribution < -0.4 is 5.69 Å². The Morgan fingerprint density at radius 2 is 2.25 bits per heavy atom. The van der Waals surface area contributed by atoms with Crippen molar-refractivity contribution in [3.05, 3.63) is 22.4 Å². The SMILES string of the molecule is O=C(O)[C@@H]1CCCN1C(=O)c1c[nH]c(=O)[nH]1. The van der Waals surface area contributed by atoms with Gasteiger partial charge in [0.15, 0.2) is 0 Å². The number of hydrogen-bond acceptors (Lipinski definition) is 3. The molecule has 1 saturated heterocycles. The summed E-state index contributed by atoms with van der Waals surface area (Å²) in [6, 6.07) is -0.786. The van der Waals surface area contributed by atoms with Gasteiger partial charge in [-0.05, 0) is 12.8 Å². The van der Waals surface area contributed by atoms with Gasteiger partial charge in [-0.15, -0.1) is 0 Å². The van der Waals surface area contributed by atoms with Gasteiger partial charge in [-0.25, -0.2) is 9.59 Å². The van der Waals surface area contributed by atoms with Gasteiger partial charge in [0.05, 0.1) is 0 Å². The van der Waals surface area contributed by atoms with Crippen LogP contribution >= 0.6 is 0 Å². The van der Waals surface area contributed by atoms with Gasteiger partial charge in [-0.3, -0.25) is 4.79 Å². The van der Waals surface area contributed by atoms with Crippen molar-refractivity contribution in [1.82, 2.24) is 14.9 Å². The van der Waals surface area contributed by atoms with E-state index in [9.17, 15) is 14.4 Å². The van der Waals surface area contributed by atoms with Crippen molar-refractivity contribution < 1.29 is 14.7 Å². The average Bonchev–Trinajstić information content (AvgIpc) is 2.84. The number of carbonyl (C=O) groups is 2. The topological polar surface area (TPSA) is 106 Å². The van der Waals surface area contributed by atoms with Crippen molar-refractivity contribution >= 4 is 11.9 Å². The highest BCUT2D eigenvalue weighted by Crippen LogP contribution is 2.19. The number of H-pyrrole nitrogens is 2. The number of carboxylic acids is 1. The minimum absolute atomic E-state index is 0.0955. The van der Waals surface area contributed by atoms with Crippen LogP contribution in [0, 0.1) is 0 Å². The van der Waals surface area contributed by atoms with Crippen LogP contribution in [0.5, 0.6) is 0 Å². The Labute approximate surface area is 90.1 Å². The smallest absolute Gasteiger partial charge is 0.326 e. The second kappa shape index (κ2) is 3.84. The minimum atomic E-state index is -1.01. The fraction of sp³-hybridized carbons (Fsp3) is 0.444. The van der Waals surface area contributed by atoms with Gasteiger partial charge in [-0.1, -0.05) is 0 Å². The number of aliphatic carboxylic acids is 1. The molecular weight excluding hydrogens is 214 g/mol. The Morgan fingerprint density at radius 3 is 2.81 bits per heavy atom. The van der Waals surface area contributed by atoms with E-state index < -0.39 is 23.6 Å². The number of rotatable bonds is 2. The summed E-state index contributed by atoms with van der Waals surface area (Å²) in [5, 5.41) is 8.91. The van der Waals surface area contributed by atoms with Gasteiger partial charge in [-0.2, -0.15) is 0 Å². The summed E-state index contributed by atoms with van der Waals surface area (Å²) < 4.78 is 0. The largest absolute Gasteiger partial charge is 0.480 e. The lowest BCUT2D eigenvalue weighted by Gasteiger charge is -2.20. The highest BCUT2D eigenvalue weighted by Gasteiger charge is 2.34. The predicted octanol–water partition coefficient (Wildman–Crippen LogP) is -0.608. The van der Waals surface area contributed by atoms with Gasteiger partial charge < -0.3 is 20.0 Å². The van der Waals surface area contributed by atoms with Crippen LogP contribution in [-0.2, 0) is 4.79 Å². The molecule has 3 N–H and O–H groups in total. The zero-order chi connectivity index (χ0) is 11.7. The lowest BCUT2D eigenvalue weighted by atomic mass is 10.2.